The van der Waals surface area contributed by atoms with E-state index in [9.17, 15) is 4.79 Å². The van der Waals surface area contributed by atoms with Gasteiger partial charge in [0.15, 0.2) is 0 Å². The molecular weight excluding hydrogens is 320 g/mol. The van der Waals surface area contributed by atoms with E-state index in [0.717, 1.165) is 56.8 Å². The normalized spacial score (nSPS) is 22.2. The molecule has 1 aliphatic heterocycles. The predicted octanol–water partition coefficient (Wildman–Crippen LogP) is 3.28. The number of likely N-dealkylation sites (tertiary alicyclic amines) is 1. The number of carbonyl (C=O) groups is 1. The maximum atomic E-state index is 12.7. The molecule has 3 heterocycles. The Morgan fingerprint density at radius 2 is 2.08 bits per heavy atom. The van der Waals surface area contributed by atoms with E-state index >= 15 is 0 Å². The molecule has 24 heavy (non-hydrogen) atoms. The quantitative estimate of drug-likeness (QED) is 0.855. The van der Waals surface area contributed by atoms with E-state index in [1.165, 1.54) is 12.8 Å². The summed E-state index contributed by atoms with van der Waals surface area (Å²) in [5.41, 5.74) is 2.95. The third-order valence-corrected chi connectivity index (χ3v) is 6.00. The van der Waals surface area contributed by atoms with Crippen molar-refractivity contribution in [1.82, 2.24) is 19.4 Å². The third kappa shape index (κ3) is 3.24. The molecule has 0 aromatic carbocycles. The van der Waals surface area contributed by atoms with Crippen molar-refractivity contribution in [1.29, 1.82) is 0 Å². The molecule has 6 heteroatoms. The van der Waals surface area contributed by atoms with E-state index in [1.807, 2.05) is 17.9 Å². The van der Waals surface area contributed by atoms with Crippen LogP contribution in [0.3, 0.4) is 0 Å². The van der Waals surface area contributed by atoms with Gasteiger partial charge < -0.3 is 9.47 Å². The van der Waals surface area contributed by atoms with Crippen molar-refractivity contribution < 1.29 is 4.79 Å². The zero-order valence-corrected chi connectivity index (χ0v) is 14.7. The van der Waals surface area contributed by atoms with Gasteiger partial charge in [0.2, 0.25) is 5.91 Å². The molecule has 1 atom stereocenters. The van der Waals surface area contributed by atoms with E-state index in [-0.39, 0.29) is 5.92 Å². The van der Waals surface area contributed by atoms with E-state index in [0.29, 0.717) is 11.8 Å². The standard InChI is InChI=1S/C18H24N4OS/c23-18(14-4-1-2-5-14)22-8-3-6-15(10-22)17-19-7-9-21(17)11-16-12-24-13-20-16/h7,9,12-15H,1-6,8,10-11H2. The monoisotopic (exact) mass is 344 g/mol. The minimum absolute atomic E-state index is 0.276. The number of amides is 1. The highest BCUT2D eigenvalue weighted by Gasteiger charge is 2.32. The van der Waals surface area contributed by atoms with E-state index in [2.05, 4.69) is 24.8 Å². The van der Waals surface area contributed by atoms with Gasteiger partial charge in [-0.2, -0.15) is 0 Å². The first kappa shape index (κ1) is 15.8. The molecule has 1 aliphatic carbocycles. The van der Waals surface area contributed by atoms with Crippen molar-refractivity contribution in [2.75, 3.05) is 13.1 Å². The Hall–Kier alpha value is -1.69. The molecule has 2 fully saturated rings. The van der Waals surface area contributed by atoms with Gasteiger partial charge in [0.1, 0.15) is 5.82 Å². The zero-order valence-electron chi connectivity index (χ0n) is 13.9. The van der Waals surface area contributed by atoms with Crippen molar-refractivity contribution in [2.24, 2.45) is 5.92 Å². The van der Waals surface area contributed by atoms with Crippen LogP contribution in [0.2, 0.25) is 0 Å². The van der Waals surface area contributed by atoms with Gasteiger partial charge in [0.25, 0.3) is 0 Å². The van der Waals surface area contributed by atoms with Gasteiger partial charge in [-0.15, -0.1) is 11.3 Å². The predicted molar refractivity (Wildman–Crippen MR) is 94.0 cm³/mol. The summed E-state index contributed by atoms with van der Waals surface area (Å²) >= 11 is 1.62. The average Bonchev–Trinajstić information content (AvgIpc) is 3.37. The molecule has 2 aliphatic rings. The van der Waals surface area contributed by atoms with Gasteiger partial charge >= 0.3 is 0 Å². The summed E-state index contributed by atoms with van der Waals surface area (Å²) in [6.45, 7) is 2.51. The van der Waals surface area contributed by atoms with E-state index in [4.69, 9.17) is 0 Å². The number of nitrogens with zero attached hydrogens (tertiary/aromatic N) is 4. The van der Waals surface area contributed by atoms with E-state index in [1.54, 1.807) is 11.3 Å². The lowest BCUT2D eigenvalue weighted by molar-refractivity contribution is -0.136. The average molecular weight is 344 g/mol. The van der Waals surface area contributed by atoms with Crippen LogP contribution in [0.5, 0.6) is 0 Å². The Morgan fingerprint density at radius 1 is 1.21 bits per heavy atom. The molecule has 2 aromatic heterocycles. The molecule has 0 N–H and O–H groups in total. The second kappa shape index (κ2) is 7.05. The Balaban J connectivity index is 1.46. The highest BCUT2D eigenvalue weighted by atomic mass is 32.1. The van der Waals surface area contributed by atoms with Gasteiger partial charge in [0.05, 0.1) is 17.7 Å². The summed E-state index contributed by atoms with van der Waals surface area (Å²) in [5.74, 6) is 2.11. The number of imidazole rings is 1. The van der Waals surface area contributed by atoms with Crippen molar-refractivity contribution >= 4 is 17.2 Å². The maximum Gasteiger partial charge on any atom is 0.225 e. The molecule has 0 spiro atoms. The smallest absolute Gasteiger partial charge is 0.225 e. The third-order valence-electron chi connectivity index (χ3n) is 5.37. The number of piperidine rings is 1. The number of hydrogen-bond acceptors (Lipinski definition) is 4. The number of carbonyl (C=O) groups excluding carboxylic acids is 1. The summed E-state index contributed by atoms with van der Waals surface area (Å²) in [7, 11) is 0. The highest BCUT2D eigenvalue weighted by molar-refractivity contribution is 7.07. The first-order valence-electron chi connectivity index (χ1n) is 8.98. The van der Waals surface area contributed by atoms with Crippen LogP contribution in [-0.4, -0.2) is 38.4 Å². The number of aromatic nitrogens is 3. The lowest BCUT2D eigenvalue weighted by atomic mass is 9.95. The Kier molecular flexibility index (Phi) is 4.65. The minimum Gasteiger partial charge on any atom is -0.342 e. The maximum absolute atomic E-state index is 12.7. The zero-order chi connectivity index (χ0) is 16.4. The van der Waals surface area contributed by atoms with Crippen LogP contribution in [0.1, 0.15) is 56.0 Å². The molecule has 1 saturated carbocycles. The largest absolute Gasteiger partial charge is 0.342 e. The molecule has 1 saturated heterocycles. The number of rotatable bonds is 4. The summed E-state index contributed by atoms with van der Waals surface area (Å²) in [6, 6.07) is 0. The lowest BCUT2D eigenvalue weighted by Crippen LogP contribution is -2.42. The van der Waals surface area contributed by atoms with Gasteiger partial charge in [-0.1, -0.05) is 12.8 Å². The fourth-order valence-corrected chi connectivity index (χ4v) is 4.67. The van der Waals surface area contributed by atoms with Crippen LogP contribution in [0.4, 0.5) is 0 Å². The minimum atomic E-state index is 0.276. The summed E-state index contributed by atoms with van der Waals surface area (Å²) in [4.78, 5) is 23.8. The fraction of sp³-hybridized carbons (Fsp3) is 0.611. The summed E-state index contributed by atoms with van der Waals surface area (Å²) < 4.78 is 2.20. The molecule has 1 amide bonds. The van der Waals surface area contributed by atoms with Crippen LogP contribution in [-0.2, 0) is 11.3 Å². The van der Waals surface area contributed by atoms with Crippen LogP contribution >= 0.6 is 11.3 Å². The summed E-state index contributed by atoms with van der Waals surface area (Å²) in [6.07, 6.45) is 10.7. The lowest BCUT2D eigenvalue weighted by Gasteiger charge is -2.34. The Bertz CT molecular complexity index is 675. The Morgan fingerprint density at radius 3 is 2.88 bits per heavy atom. The molecule has 0 radical (unpaired) electrons. The van der Waals surface area contributed by atoms with Crippen LogP contribution in [0.15, 0.2) is 23.3 Å². The first-order valence-corrected chi connectivity index (χ1v) is 9.92. The second-order valence-electron chi connectivity index (χ2n) is 7.00. The van der Waals surface area contributed by atoms with Gasteiger partial charge in [0, 0.05) is 42.7 Å². The number of thiazole rings is 1. The van der Waals surface area contributed by atoms with Gasteiger partial charge in [-0.3, -0.25) is 4.79 Å². The van der Waals surface area contributed by atoms with Gasteiger partial charge in [-0.25, -0.2) is 9.97 Å². The molecule has 4 rings (SSSR count). The van der Waals surface area contributed by atoms with Crippen LogP contribution < -0.4 is 0 Å². The highest BCUT2D eigenvalue weighted by Crippen LogP contribution is 2.31. The summed E-state index contributed by atoms with van der Waals surface area (Å²) in [5, 5.41) is 2.08. The molecular formula is C18H24N4OS. The second-order valence-corrected chi connectivity index (χ2v) is 7.72. The van der Waals surface area contributed by atoms with Crippen molar-refractivity contribution in [3.05, 3.63) is 34.8 Å². The molecule has 2 aromatic rings. The van der Waals surface area contributed by atoms with Crippen molar-refractivity contribution in [3.8, 4) is 0 Å². The molecule has 1 unspecified atom stereocenters. The Labute approximate surface area is 146 Å². The first-order chi connectivity index (χ1) is 11.8. The number of hydrogen-bond donors (Lipinski definition) is 0. The van der Waals surface area contributed by atoms with Crippen LogP contribution in [0, 0.1) is 5.92 Å². The van der Waals surface area contributed by atoms with Crippen molar-refractivity contribution in [3.63, 3.8) is 0 Å². The van der Waals surface area contributed by atoms with Crippen LogP contribution in [0.25, 0.3) is 0 Å². The van der Waals surface area contributed by atoms with Gasteiger partial charge in [-0.05, 0) is 25.7 Å². The van der Waals surface area contributed by atoms with E-state index < -0.39 is 0 Å². The SMILES string of the molecule is O=C(C1CCCC1)N1CCCC(c2nccn2Cc2cscn2)C1. The molecule has 0 bridgehead atoms. The molecule has 5 nitrogen and oxygen atoms in total. The fourth-order valence-electron chi connectivity index (χ4n) is 4.12. The topological polar surface area (TPSA) is 51.0 Å². The molecule has 128 valence electrons. The van der Waals surface area contributed by atoms with Crippen molar-refractivity contribution in [2.45, 2.75) is 51.0 Å².